The molecule has 24 N–H and O–H groups in total. The van der Waals surface area contributed by atoms with Crippen LogP contribution in [0.2, 0.25) is 0 Å². The van der Waals surface area contributed by atoms with E-state index in [4.69, 9.17) is 11.5 Å². The molecule has 137 heavy (non-hydrogen) atoms. The number of carbonyl (C=O) groups is 17. The number of amides is 17. The third-order valence-electron chi connectivity index (χ3n) is 22.3. The summed E-state index contributed by atoms with van der Waals surface area (Å²) in [6, 6.07) is 22.0. The van der Waals surface area contributed by atoms with Crippen LogP contribution in [0.15, 0.2) is 164 Å². The third kappa shape index (κ3) is 35.7. The molecule has 0 radical (unpaired) electrons. The Hall–Kier alpha value is -14.5. The number of nitrogens with two attached hydrogens (primary N) is 2. The number of aliphatic hydroxyl groups excluding tert-OH is 1. The number of para-hydroxylation sites is 1. The Labute approximate surface area is 797 Å². The Bertz CT molecular complexity index is 5300. The molecule has 1 aliphatic heterocycles. The number of aromatic nitrogens is 1. The minimum atomic E-state index is -1.85. The second-order valence-electron chi connectivity index (χ2n) is 34.7. The number of fused-ring (bicyclic) bond motifs is 1. The lowest BCUT2D eigenvalue weighted by Gasteiger charge is -2.33. The van der Waals surface area contributed by atoms with Gasteiger partial charge in [0.05, 0.1) is 38.5 Å². The standard InChI is InChI=1S/C96H125N19O21S/c1-54(2)38-69-88(128)113-77(87(127)102-48-80(121)100-47-79(120)101-49-81(122)104-68(85(98)125)24-16-17-37-97)52-137-53-83(124)106-71(40-57-18-10-8-11-19-57)89(129)108-72(41-59-25-31-63(117)32-26-59)90(130)107-70(39-55(3)4)93(133)114-84(56(5)6)95(135)110-73(42-60-27-33-64(118)34-28-60)91(131)112-76(51-116)86(126)103-50-82(123)105-74(45-62-46-99-67-23-15-14-22-66(62)67)92(132)111-75(43-61-29-35-65(119)36-30-61)96(136)115(7)78(94(134)109-69)44-58-20-12-9-13-21-58/h8-15,18-23,25-36,46,54-56,68-78,84,99,116-119H,16-17,24,37-45,47-53,97H2,1-7H3,(H2,98,125)(H,100,121)(H,101,120)(H,102,127)(H,103,126)(H,104,122)(H,105,123)(H,106,124)(H,107,130)(H,108,129)(H,109,134)(H,110,135)(H,111,132)(H,112,131)(H,113,128)(H,114,133)/t68-,69-,70-,71-,72-,73-,74-,75-,76-,77-,78-,84-/m0/s1. The maximum absolute atomic E-state index is 15.8. The molecule has 0 saturated carbocycles. The molecule has 736 valence electrons. The molecule has 8 rings (SSSR count). The lowest BCUT2D eigenvalue weighted by atomic mass is 9.98. The number of likely N-dealkylation sites (N-methyl/N-ethyl adjacent to an activating group) is 1. The van der Waals surface area contributed by atoms with Crippen molar-refractivity contribution in [3.8, 4) is 17.2 Å². The topological polar surface area (TPSA) is 623 Å². The minimum absolute atomic E-state index is 0.0760. The number of phenols is 3. The Morgan fingerprint density at radius 3 is 1.38 bits per heavy atom. The van der Waals surface area contributed by atoms with Crippen molar-refractivity contribution in [3.63, 3.8) is 0 Å². The molecule has 0 unspecified atom stereocenters. The second kappa shape index (κ2) is 54.2. The summed E-state index contributed by atoms with van der Waals surface area (Å²) in [4.78, 5) is 250. The number of nitrogens with one attached hydrogen (secondary N) is 16. The zero-order valence-corrected chi connectivity index (χ0v) is 78.2. The SMILES string of the molecule is CC(C)C[C@@H]1NC(=O)[C@H](Cc2ccc(O)cc2)NC(=O)[C@H](Cc2ccccc2)NC(=O)CSC[C@@H](C(=O)NCC(=O)NCC(=O)NCC(=O)N[C@@H](CCCCN)C(N)=O)NC(=O)[C@H](CC(C)C)NC(=O)[C@H](Cc2ccccc2)N(C)C(=O)[C@H](Cc2ccc(O)cc2)NC(=O)[C@H](Cc2c[nH]c3ccccc23)NC(=O)CNC(=O)[C@H](CO)NC(=O)[C@H](Cc2ccc(O)cc2)NC(=O)[C@H](C(C)C)NC1=O. The fourth-order valence-corrected chi connectivity index (χ4v) is 15.8. The van der Waals surface area contributed by atoms with E-state index in [1.165, 1.54) is 79.8 Å². The molecule has 41 heteroatoms. The van der Waals surface area contributed by atoms with Gasteiger partial charge in [-0.15, -0.1) is 11.8 Å². The number of nitrogens with zero attached hydrogens (tertiary/aromatic N) is 1. The van der Waals surface area contributed by atoms with Gasteiger partial charge in [0, 0.05) is 68.4 Å². The predicted octanol–water partition coefficient (Wildman–Crippen LogP) is -1.23. The summed E-state index contributed by atoms with van der Waals surface area (Å²) in [7, 11) is 1.29. The smallest absolute Gasteiger partial charge is 0.245 e. The number of thioether (sulfide) groups is 1. The highest BCUT2D eigenvalue weighted by Crippen LogP contribution is 2.24. The number of aliphatic hydroxyl groups is 1. The van der Waals surface area contributed by atoms with Gasteiger partial charge in [0.2, 0.25) is 100 Å². The summed E-state index contributed by atoms with van der Waals surface area (Å²) in [6.45, 7) is 6.22. The molecule has 12 atom stereocenters. The van der Waals surface area contributed by atoms with E-state index in [9.17, 15) is 73.2 Å². The molecule has 6 aromatic carbocycles. The van der Waals surface area contributed by atoms with E-state index in [1.807, 2.05) is 0 Å². The number of H-pyrrole nitrogens is 1. The highest BCUT2D eigenvalue weighted by atomic mass is 32.2. The first-order chi connectivity index (χ1) is 65.3. The van der Waals surface area contributed by atoms with Gasteiger partial charge in [-0.1, -0.05) is 157 Å². The molecule has 0 bridgehead atoms. The fraction of sp³-hybridized carbons (Fsp3) is 0.427. The van der Waals surface area contributed by atoms with Gasteiger partial charge < -0.3 is 122 Å². The van der Waals surface area contributed by atoms with Gasteiger partial charge >= 0.3 is 0 Å². The Morgan fingerprint density at radius 1 is 0.445 bits per heavy atom. The number of rotatable bonds is 31. The minimum Gasteiger partial charge on any atom is -0.508 e. The summed E-state index contributed by atoms with van der Waals surface area (Å²) < 4.78 is 0. The number of hydrogen-bond donors (Lipinski definition) is 22. The van der Waals surface area contributed by atoms with Crippen molar-refractivity contribution in [2.24, 2.45) is 29.2 Å². The molecule has 1 aromatic heterocycles. The Morgan fingerprint density at radius 2 is 0.869 bits per heavy atom. The van der Waals surface area contributed by atoms with Crippen molar-refractivity contribution < 1.29 is 102 Å². The first kappa shape index (κ1) is 108. The summed E-state index contributed by atoms with van der Waals surface area (Å²) in [5.41, 5.74) is 14.3. The van der Waals surface area contributed by atoms with Crippen molar-refractivity contribution in [1.29, 1.82) is 0 Å². The van der Waals surface area contributed by atoms with E-state index in [2.05, 4.69) is 84.7 Å². The van der Waals surface area contributed by atoms with Crippen LogP contribution in [0.25, 0.3) is 10.9 Å². The van der Waals surface area contributed by atoms with E-state index in [1.54, 1.807) is 133 Å². The number of aromatic hydroxyl groups is 3. The van der Waals surface area contributed by atoms with E-state index >= 15 is 28.8 Å². The summed E-state index contributed by atoms with van der Waals surface area (Å²) in [5.74, 6) is -19.1. The van der Waals surface area contributed by atoms with Gasteiger partial charge in [-0.25, -0.2) is 0 Å². The highest BCUT2D eigenvalue weighted by Gasteiger charge is 2.40. The molecule has 1 aliphatic rings. The monoisotopic (exact) mass is 1910 g/mol. The maximum atomic E-state index is 15.8. The van der Waals surface area contributed by atoms with Crippen molar-refractivity contribution in [2.45, 2.75) is 185 Å². The van der Waals surface area contributed by atoms with Gasteiger partial charge in [-0.05, 0) is 132 Å². The summed E-state index contributed by atoms with van der Waals surface area (Å²) in [5, 5.41) is 81.3. The highest BCUT2D eigenvalue weighted by molar-refractivity contribution is 8.00. The van der Waals surface area contributed by atoms with Gasteiger partial charge in [-0.2, -0.15) is 0 Å². The number of phenolic OH excluding ortho intramolecular Hbond substituents is 3. The molecular formula is C96H125N19O21S. The van der Waals surface area contributed by atoms with Crippen molar-refractivity contribution >= 4 is 123 Å². The van der Waals surface area contributed by atoms with E-state index in [0.717, 1.165) is 16.7 Å². The Kier molecular flexibility index (Phi) is 42.6. The van der Waals surface area contributed by atoms with E-state index < -0.39 is 229 Å². The van der Waals surface area contributed by atoms with Crippen molar-refractivity contribution in [3.05, 3.63) is 197 Å². The molecule has 0 spiro atoms. The second-order valence-corrected chi connectivity index (χ2v) is 35.7. The maximum Gasteiger partial charge on any atom is 0.245 e. The first-order valence-electron chi connectivity index (χ1n) is 45.1. The average molecular weight is 1910 g/mol. The summed E-state index contributed by atoms with van der Waals surface area (Å²) in [6.07, 6.45) is 0.890. The van der Waals surface area contributed by atoms with Gasteiger partial charge in [-0.3, -0.25) is 81.5 Å². The van der Waals surface area contributed by atoms with Crippen LogP contribution < -0.4 is 91.2 Å². The van der Waals surface area contributed by atoms with E-state index in [0.29, 0.717) is 63.7 Å². The number of primary amides is 1. The number of hydrogen-bond acceptors (Lipinski definition) is 23. The summed E-state index contributed by atoms with van der Waals surface area (Å²) >= 11 is 0.758. The van der Waals surface area contributed by atoms with Crippen molar-refractivity contribution in [1.82, 2.24) is 89.6 Å². The van der Waals surface area contributed by atoms with Crippen LogP contribution in [0.3, 0.4) is 0 Å². The quantitative estimate of drug-likeness (QED) is 0.0226. The fourth-order valence-electron chi connectivity index (χ4n) is 15.0. The third-order valence-corrected chi connectivity index (χ3v) is 23.4. The van der Waals surface area contributed by atoms with Crippen LogP contribution in [0.1, 0.15) is 107 Å². The molecule has 40 nitrogen and oxygen atoms in total. The van der Waals surface area contributed by atoms with Gasteiger partial charge in [0.25, 0.3) is 0 Å². The predicted molar refractivity (Wildman–Crippen MR) is 508 cm³/mol. The molecule has 1 saturated heterocycles. The zero-order valence-electron chi connectivity index (χ0n) is 77.4. The van der Waals surface area contributed by atoms with Crippen molar-refractivity contribution in [2.75, 3.05) is 57.9 Å². The average Bonchev–Trinajstić information content (AvgIpc) is 1.64. The molecule has 17 amide bonds. The largest absolute Gasteiger partial charge is 0.508 e. The number of aromatic amines is 1. The van der Waals surface area contributed by atoms with Crippen LogP contribution in [0.4, 0.5) is 0 Å². The number of unbranched alkanes of at least 4 members (excludes halogenated alkanes) is 1. The number of benzene rings is 6. The van der Waals surface area contributed by atoms with Crippen LogP contribution in [0.5, 0.6) is 17.2 Å². The normalized spacial score (nSPS) is 20.9. The van der Waals surface area contributed by atoms with Gasteiger partial charge in [0.1, 0.15) is 89.8 Å². The lowest BCUT2D eigenvalue weighted by molar-refractivity contribution is -0.143. The molecule has 7 aromatic rings. The van der Waals surface area contributed by atoms with Crippen LogP contribution in [-0.4, -0.2) is 261 Å². The van der Waals surface area contributed by atoms with Crippen LogP contribution in [-0.2, 0) is 120 Å². The lowest BCUT2D eigenvalue weighted by Crippen LogP contribution is -2.61. The van der Waals surface area contributed by atoms with Gasteiger partial charge in [0.15, 0.2) is 0 Å². The van der Waals surface area contributed by atoms with E-state index in [-0.39, 0.29) is 81.0 Å². The Balaban J connectivity index is 1.19. The number of carbonyl (C=O) groups excluding carboxylic acids is 17. The molecule has 0 aliphatic carbocycles. The molecule has 1 fully saturated rings. The molecule has 2 heterocycles. The van der Waals surface area contributed by atoms with Crippen LogP contribution in [0, 0.1) is 17.8 Å². The molecular weight excluding hydrogens is 1790 g/mol. The zero-order chi connectivity index (χ0) is 100.0. The first-order valence-corrected chi connectivity index (χ1v) is 46.3. The van der Waals surface area contributed by atoms with Crippen LogP contribution >= 0.6 is 11.8 Å².